The van der Waals surface area contributed by atoms with Crippen molar-refractivity contribution in [2.75, 3.05) is 6.61 Å². The molecule has 0 radical (unpaired) electrons. The lowest BCUT2D eigenvalue weighted by Gasteiger charge is -2.44. The van der Waals surface area contributed by atoms with Gasteiger partial charge in [0.05, 0.1) is 37.9 Å². The zero-order chi connectivity index (χ0) is 49.7. The van der Waals surface area contributed by atoms with Crippen LogP contribution in [-0.2, 0) is 30.7 Å². The molecule has 0 bridgehead atoms. The van der Waals surface area contributed by atoms with Gasteiger partial charge in [-0.25, -0.2) is 14.1 Å². The lowest BCUT2D eigenvalue weighted by molar-refractivity contribution is -0.150. The Morgan fingerprint density at radius 1 is 0.819 bits per heavy atom. The van der Waals surface area contributed by atoms with E-state index < -0.39 is 49.9 Å². The molecule has 5 atom stereocenters. The predicted octanol–water partition coefficient (Wildman–Crippen LogP) is 11.1. The molecule has 2 aliphatic heterocycles. The largest absolute Gasteiger partial charge is 0.457 e. The van der Waals surface area contributed by atoms with Crippen molar-refractivity contribution in [2.45, 2.75) is 96.2 Å². The molecule has 1 unspecified atom stereocenters. The fourth-order valence-electron chi connectivity index (χ4n) is 10.7. The number of rotatable bonds is 16. The predicted molar refractivity (Wildman–Crippen MR) is 278 cm³/mol. The number of benzene rings is 7. The fraction of sp³-hybridized carbons (Fsp3) is 0.281. The molecule has 0 aliphatic carbocycles. The van der Waals surface area contributed by atoms with Crippen LogP contribution in [0.2, 0.25) is 0 Å². The van der Waals surface area contributed by atoms with E-state index in [0.29, 0.717) is 22.8 Å². The van der Waals surface area contributed by atoms with Gasteiger partial charge < -0.3 is 23.3 Å². The molecule has 15 heteroatoms. The Kier molecular flexibility index (Phi) is 12.8. The van der Waals surface area contributed by atoms with E-state index in [0.717, 1.165) is 33.0 Å². The number of H-pyrrole nitrogens is 1. The van der Waals surface area contributed by atoms with Crippen LogP contribution < -0.4 is 16.0 Å². The maximum Gasteiger partial charge on any atom is 0.330 e. The molecule has 1 fully saturated rings. The van der Waals surface area contributed by atoms with Gasteiger partial charge in [-0.3, -0.25) is 14.3 Å². The number of nitrogens with zero attached hydrogens (tertiary/aromatic N) is 6. The Labute approximate surface area is 417 Å². The van der Waals surface area contributed by atoms with Crippen molar-refractivity contribution in [1.29, 1.82) is 5.26 Å². The molecule has 14 nitrogen and oxygen atoms in total. The molecule has 2 aliphatic rings. The van der Waals surface area contributed by atoms with Crippen LogP contribution in [0.3, 0.4) is 0 Å². The van der Waals surface area contributed by atoms with Gasteiger partial charge in [-0.1, -0.05) is 127 Å². The van der Waals surface area contributed by atoms with E-state index in [-0.39, 0.29) is 38.1 Å². The number of hydrogen-bond acceptors (Lipinski definition) is 11. The average molecular weight is 980 g/mol. The van der Waals surface area contributed by atoms with E-state index in [4.69, 9.17) is 33.6 Å². The van der Waals surface area contributed by atoms with Gasteiger partial charge in [0.1, 0.15) is 35.6 Å². The quantitative estimate of drug-likeness (QED) is 0.0558. The molecular formula is C57H54N7O7P. The van der Waals surface area contributed by atoms with Crippen LogP contribution in [0.5, 0.6) is 11.5 Å². The van der Waals surface area contributed by atoms with Gasteiger partial charge in [0.25, 0.3) is 14.1 Å². The molecule has 4 heterocycles. The highest BCUT2D eigenvalue weighted by Gasteiger charge is 2.52. The van der Waals surface area contributed by atoms with E-state index in [1.54, 1.807) is 11.6 Å². The van der Waals surface area contributed by atoms with Gasteiger partial charge in [0, 0.05) is 47.0 Å². The molecule has 2 aromatic heterocycles. The van der Waals surface area contributed by atoms with Crippen LogP contribution in [-0.4, -0.2) is 66.2 Å². The molecule has 9 aromatic rings. The molecule has 11 rings (SSSR count). The van der Waals surface area contributed by atoms with Crippen molar-refractivity contribution in [3.05, 3.63) is 189 Å². The van der Waals surface area contributed by atoms with E-state index in [1.807, 2.05) is 72.9 Å². The molecular weight excluding hydrogens is 926 g/mol. The first-order valence-corrected chi connectivity index (χ1v) is 25.5. The van der Waals surface area contributed by atoms with E-state index >= 15 is 0 Å². The Hall–Kier alpha value is -7.08. The van der Waals surface area contributed by atoms with Crippen LogP contribution in [0.15, 0.2) is 155 Å². The fourth-order valence-corrected chi connectivity index (χ4v) is 12.4. The van der Waals surface area contributed by atoms with E-state index in [9.17, 15) is 14.9 Å². The zero-order valence-electron chi connectivity index (χ0n) is 40.6. The van der Waals surface area contributed by atoms with Crippen molar-refractivity contribution >= 4 is 40.8 Å². The summed E-state index contributed by atoms with van der Waals surface area (Å²) in [5.41, 5.74) is 1.98. The maximum absolute atomic E-state index is 13.8. The van der Waals surface area contributed by atoms with Gasteiger partial charge >= 0.3 is 5.69 Å². The van der Waals surface area contributed by atoms with Crippen LogP contribution in [0, 0.1) is 18.3 Å². The Morgan fingerprint density at radius 2 is 1.47 bits per heavy atom. The second-order valence-electron chi connectivity index (χ2n) is 19.1. The minimum absolute atomic E-state index is 0.00352. The first kappa shape index (κ1) is 47.3. The summed E-state index contributed by atoms with van der Waals surface area (Å²) < 4.78 is 41.0. The van der Waals surface area contributed by atoms with Gasteiger partial charge in [-0.2, -0.15) is 5.26 Å². The summed E-state index contributed by atoms with van der Waals surface area (Å²) in [5.74, 6) is 1.26. The number of hydrogen-bond donors (Lipinski definition) is 1. The van der Waals surface area contributed by atoms with Gasteiger partial charge in [0.15, 0.2) is 5.60 Å². The third kappa shape index (κ3) is 8.45. The van der Waals surface area contributed by atoms with Crippen molar-refractivity contribution in [1.82, 2.24) is 29.2 Å². The smallest absolute Gasteiger partial charge is 0.330 e. The highest BCUT2D eigenvalue weighted by atomic mass is 31.2. The SMILES string of the molecule is Cc1cn([C@H]2C[C@H](OP(OCCC#N)N(C(C)C)C(C)C)[C@@H]([C@H](Cn3cc(-c4ccc5ccc6cccc7ccc4c5c67)nn3)OC3(c4ccccc4)c4ccccc4Oc4ccccc43)O2)c(=O)[nH]c1=O. The lowest BCUT2D eigenvalue weighted by atomic mass is 9.77. The molecule has 72 heavy (non-hydrogen) atoms. The standard InChI is InChI=1S/C57H54N7O7P/c1-35(2)64(36(3)4)72(67-30-14-29-58)71-49-31-51(63-32-37(5)55(65)59-56(63)66)69-54(49)50(70-57(41-17-7-6-8-18-41)44-19-9-11-21-47(44)68-48-22-12-10-20-45(48)57)34-62-33-46(60-61-62)42-27-25-40-24-23-38-15-13-16-39-26-28-43(42)53(40)52(38)39/h6-13,15-28,32-33,35-36,49-51,54H,14,30-31,34H2,1-5H3,(H,59,65,66)/t49-,50-,51+,54-,72?/m0/s1. The number of aryl methyl sites for hydroxylation is 1. The summed E-state index contributed by atoms with van der Waals surface area (Å²) >= 11 is 0. The minimum atomic E-state index is -1.82. The topological polar surface area (TPSA) is 159 Å². The molecule has 0 saturated carbocycles. The van der Waals surface area contributed by atoms with Crippen LogP contribution >= 0.6 is 8.53 Å². The summed E-state index contributed by atoms with van der Waals surface area (Å²) in [6.45, 7) is 10.2. The number of aromatic amines is 1. The van der Waals surface area contributed by atoms with Gasteiger partial charge in [-0.15, -0.1) is 5.10 Å². The second kappa shape index (κ2) is 19.5. The summed E-state index contributed by atoms with van der Waals surface area (Å²) in [6.07, 6.45) is 0.325. The van der Waals surface area contributed by atoms with Crippen LogP contribution in [0.4, 0.5) is 0 Å². The first-order valence-electron chi connectivity index (χ1n) is 24.4. The first-order chi connectivity index (χ1) is 35.0. The van der Waals surface area contributed by atoms with Crippen molar-refractivity contribution in [2.24, 2.45) is 0 Å². The lowest BCUT2D eigenvalue weighted by Crippen LogP contribution is -2.48. The number of nitrogens with one attached hydrogen (secondary N) is 1. The number of aromatic nitrogens is 5. The number of nitriles is 1. The molecule has 1 saturated heterocycles. The molecule has 7 aromatic carbocycles. The normalized spacial score (nSPS) is 18.2. The van der Waals surface area contributed by atoms with E-state index in [1.165, 1.54) is 32.3 Å². The number of fused-ring (bicyclic) bond motifs is 2. The Morgan fingerprint density at radius 3 is 2.17 bits per heavy atom. The Balaban J connectivity index is 1.09. The third-order valence-corrected chi connectivity index (χ3v) is 16.0. The summed E-state index contributed by atoms with van der Waals surface area (Å²) in [4.78, 5) is 29.0. The number of para-hydroxylation sites is 2. The summed E-state index contributed by atoms with van der Waals surface area (Å²) in [5, 5.41) is 26.2. The molecule has 364 valence electrons. The third-order valence-electron chi connectivity index (χ3n) is 13.8. The molecule has 1 N–H and O–H groups in total. The van der Waals surface area contributed by atoms with Crippen molar-refractivity contribution in [3.8, 4) is 28.8 Å². The average Bonchev–Trinajstić information content (AvgIpc) is 4.03. The number of ether oxygens (including phenoxy) is 3. The monoisotopic (exact) mass is 979 g/mol. The van der Waals surface area contributed by atoms with Gasteiger partial charge in [-0.05, 0) is 84.6 Å². The van der Waals surface area contributed by atoms with Gasteiger partial charge in [0.2, 0.25) is 0 Å². The highest BCUT2D eigenvalue weighted by molar-refractivity contribution is 7.44. The van der Waals surface area contributed by atoms with Crippen LogP contribution in [0.25, 0.3) is 43.6 Å². The minimum Gasteiger partial charge on any atom is -0.457 e. The van der Waals surface area contributed by atoms with Crippen molar-refractivity contribution < 1.29 is 23.3 Å². The Bertz CT molecular complexity index is 3520. The second-order valence-corrected chi connectivity index (χ2v) is 20.5. The molecule has 0 amide bonds. The van der Waals surface area contributed by atoms with Crippen LogP contribution in [0.1, 0.15) is 69.0 Å². The summed E-state index contributed by atoms with van der Waals surface area (Å²) in [6, 6.07) is 47.3. The maximum atomic E-state index is 13.8. The summed E-state index contributed by atoms with van der Waals surface area (Å²) in [7, 11) is -1.82. The zero-order valence-corrected chi connectivity index (χ0v) is 41.5. The highest BCUT2D eigenvalue weighted by Crippen LogP contribution is 2.55. The molecule has 0 spiro atoms. The van der Waals surface area contributed by atoms with Crippen molar-refractivity contribution in [3.63, 3.8) is 0 Å². The van der Waals surface area contributed by atoms with E-state index in [2.05, 4.69) is 110 Å².